The number of rotatable bonds is 0. The molecule has 0 bridgehead atoms. The van der Waals surface area contributed by atoms with Crippen molar-refractivity contribution in [1.29, 1.82) is 0 Å². The fraction of sp³-hybridized carbons (Fsp3) is 0.818. The third-order valence-electron chi connectivity index (χ3n) is 9.73. The molecule has 7 aliphatic rings. The Balaban J connectivity index is 1.44. The number of carbonyl (C=O) groups excluding carboxylic acids is 1. The molecule has 2 amide bonds. The molecule has 4 heteroatoms. The summed E-state index contributed by atoms with van der Waals surface area (Å²) in [5.41, 5.74) is 4.78. The van der Waals surface area contributed by atoms with Crippen LogP contribution < -0.4 is 5.32 Å². The van der Waals surface area contributed by atoms with Crippen molar-refractivity contribution in [3.8, 4) is 0 Å². The van der Waals surface area contributed by atoms with E-state index < -0.39 is 0 Å². The third kappa shape index (κ3) is 1.49. The minimum atomic E-state index is 0.0223. The van der Waals surface area contributed by atoms with Crippen molar-refractivity contribution in [1.82, 2.24) is 10.3 Å². The van der Waals surface area contributed by atoms with Crippen LogP contribution in [0.15, 0.2) is 16.2 Å². The molecule has 0 saturated heterocycles. The quantitative estimate of drug-likeness (QED) is 0.709. The van der Waals surface area contributed by atoms with Crippen LogP contribution in [0.25, 0.3) is 0 Å². The van der Waals surface area contributed by atoms with E-state index in [1.165, 1.54) is 57.1 Å². The van der Waals surface area contributed by atoms with Gasteiger partial charge in [-0.15, -0.1) is 0 Å². The molecule has 1 aliphatic heterocycles. The first kappa shape index (κ1) is 14.7. The van der Waals surface area contributed by atoms with Gasteiger partial charge in [0.15, 0.2) is 0 Å². The number of fused-ring (bicyclic) bond motifs is 6. The molecular weight excluding hydrogens is 322 g/mol. The number of hydrogen-bond acceptors (Lipinski definition) is 2. The van der Waals surface area contributed by atoms with Gasteiger partial charge in [0.1, 0.15) is 0 Å². The van der Waals surface area contributed by atoms with Gasteiger partial charge in [0, 0.05) is 13.0 Å². The van der Waals surface area contributed by atoms with Gasteiger partial charge in [-0.1, -0.05) is 0 Å². The zero-order valence-corrected chi connectivity index (χ0v) is 15.7. The molecule has 138 valence electrons. The molecule has 0 aromatic heterocycles. The smallest absolute Gasteiger partial charge is 0.338 e. The second-order valence-corrected chi connectivity index (χ2v) is 10.2. The molecule has 1 heterocycles. The minimum Gasteiger partial charge on any atom is -0.340 e. The van der Waals surface area contributed by atoms with Gasteiger partial charge in [-0.05, 0) is 104 Å². The number of hydrazone groups is 1. The topological polar surface area (TPSA) is 44.7 Å². The summed E-state index contributed by atoms with van der Waals surface area (Å²) in [6, 6.07) is 0.306. The Kier molecular flexibility index (Phi) is 2.68. The van der Waals surface area contributed by atoms with E-state index >= 15 is 0 Å². The summed E-state index contributed by atoms with van der Waals surface area (Å²) in [6.45, 7) is 0. The Hall–Kier alpha value is -1.32. The molecule has 0 radical (unpaired) electrons. The molecule has 0 aromatic carbocycles. The Bertz CT molecular complexity index is 769. The Morgan fingerprint density at radius 3 is 2.42 bits per heavy atom. The maximum Gasteiger partial charge on any atom is 0.338 e. The van der Waals surface area contributed by atoms with Gasteiger partial charge in [-0.3, -0.25) is 0 Å². The maximum atomic E-state index is 12.8. The second-order valence-electron chi connectivity index (χ2n) is 10.2. The molecule has 0 aromatic rings. The third-order valence-corrected chi connectivity index (χ3v) is 9.73. The van der Waals surface area contributed by atoms with Crippen LogP contribution >= 0.6 is 0 Å². The van der Waals surface area contributed by atoms with Crippen LogP contribution in [0.5, 0.6) is 0 Å². The van der Waals surface area contributed by atoms with Crippen LogP contribution in [0.1, 0.15) is 51.4 Å². The van der Waals surface area contributed by atoms with E-state index in [0.717, 1.165) is 35.5 Å². The fourth-order valence-electron chi connectivity index (χ4n) is 9.18. The number of amides is 2. The van der Waals surface area contributed by atoms with Crippen LogP contribution in [-0.4, -0.2) is 29.8 Å². The highest BCUT2D eigenvalue weighted by atomic mass is 16.2. The normalized spacial score (nSPS) is 52.1. The lowest BCUT2D eigenvalue weighted by atomic mass is 9.84. The lowest BCUT2D eigenvalue weighted by molar-refractivity contribution is 0.165. The van der Waals surface area contributed by atoms with Crippen LogP contribution in [-0.2, 0) is 0 Å². The Morgan fingerprint density at radius 1 is 0.923 bits per heavy atom. The van der Waals surface area contributed by atoms with E-state index in [1.54, 1.807) is 18.2 Å². The molecule has 6 aliphatic carbocycles. The molecule has 0 spiro atoms. The lowest BCUT2D eigenvalue weighted by Crippen LogP contribution is -2.47. The second kappa shape index (κ2) is 4.74. The number of carbonyl (C=O) groups is 1. The van der Waals surface area contributed by atoms with Gasteiger partial charge < -0.3 is 5.32 Å². The zero-order valence-electron chi connectivity index (χ0n) is 15.7. The summed E-state index contributed by atoms with van der Waals surface area (Å²) in [7, 11) is 1.77. The monoisotopic (exact) mass is 351 g/mol. The predicted octanol–water partition coefficient (Wildman–Crippen LogP) is 3.79. The highest BCUT2D eigenvalue weighted by Gasteiger charge is 2.64. The summed E-state index contributed by atoms with van der Waals surface area (Å²) >= 11 is 0. The van der Waals surface area contributed by atoms with Gasteiger partial charge in [-0.25, -0.2) is 9.80 Å². The number of nitrogens with zero attached hydrogens (tertiary/aromatic N) is 2. The summed E-state index contributed by atoms with van der Waals surface area (Å²) in [5.74, 6) is 6.46. The number of urea groups is 1. The lowest BCUT2D eigenvalue weighted by Gasteiger charge is -2.36. The molecule has 6 fully saturated rings. The van der Waals surface area contributed by atoms with E-state index in [1.807, 2.05) is 5.01 Å². The number of nitrogens with one attached hydrogen (secondary N) is 1. The first-order chi connectivity index (χ1) is 12.8. The SMILES string of the molecule is CNC(=O)N1N=C2C(=C3[C@@H]1[C@H]1CC[C@H]4CC[C@@H]3[C@H]41)[C@@H]1CC[C@H]3CC[C@H]2[C@H]31. The minimum absolute atomic E-state index is 0.0223. The highest BCUT2D eigenvalue weighted by Crippen LogP contribution is 2.67. The first-order valence-corrected chi connectivity index (χ1v) is 11.1. The highest BCUT2D eigenvalue weighted by molar-refractivity contribution is 6.07. The number of allylic oxidation sites excluding steroid dienone is 1. The maximum absolute atomic E-state index is 12.8. The molecule has 1 N–H and O–H groups in total. The van der Waals surface area contributed by atoms with Crippen molar-refractivity contribution in [2.24, 2.45) is 52.4 Å². The van der Waals surface area contributed by atoms with Gasteiger partial charge in [0.2, 0.25) is 0 Å². The van der Waals surface area contributed by atoms with E-state index in [0.29, 0.717) is 11.8 Å². The average Bonchev–Trinajstić information content (AvgIpc) is 3.43. The van der Waals surface area contributed by atoms with E-state index in [4.69, 9.17) is 5.10 Å². The van der Waals surface area contributed by atoms with Crippen LogP contribution in [0.2, 0.25) is 0 Å². The molecule has 7 rings (SSSR count). The zero-order chi connectivity index (χ0) is 17.2. The molecule has 0 unspecified atom stereocenters. The molecular formula is C22H29N3O. The summed E-state index contributed by atoms with van der Waals surface area (Å²) < 4.78 is 0. The van der Waals surface area contributed by atoms with E-state index in [2.05, 4.69) is 5.32 Å². The van der Waals surface area contributed by atoms with Crippen molar-refractivity contribution in [2.75, 3.05) is 7.05 Å². The number of hydrogen-bond donors (Lipinski definition) is 1. The van der Waals surface area contributed by atoms with Gasteiger partial charge in [0.25, 0.3) is 0 Å². The molecule has 26 heavy (non-hydrogen) atoms. The average molecular weight is 351 g/mol. The van der Waals surface area contributed by atoms with Crippen molar-refractivity contribution in [3.63, 3.8) is 0 Å². The van der Waals surface area contributed by atoms with Gasteiger partial charge >= 0.3 is 6.03 Å². The van der Waals surface area contributed by atoms with Crippen LogP contribution in [0, 0.1) is 47.3 Å². The summed E-state index contributed by atoms with van der Waals surface area (Å²) in [4.78, 5) is 12.8. The van der Waals surface area contributed by atoms with Crippen LogP contribution in [0.3, 0.4) is 0 Å². The van der Waals surface area contributed by atoms with E-state index in [-0.39, 0.29) is 12.1 Å². The summed E-state index contributed by atoms with van der Waals surface area (Å²) in [5, 5.41) is 9.97. The molecule has 4 nitrogen and oxygen atoms in total. The first-order valence-electron chi connectivity index (χ1n) is 11.1. The van der Waals surface area contributed by atoms with Crippen molar-refractivity contribution >= 4 is 11.7 Å². The van der Waals surface area contributed by atoms with Gasteiger partial charge in [0.05, 0.1) is 11.8 Å². The Morgan fingerprint density at radius 2 is 1.62 bits per heavy atom. The van der Waals surface area contributed by atoms with Crippen LogP contribution in [0.4, 0.5) is 4.79 Å². The largest absolute Gasteiger partial charge is 0.340 e. The van der Waals surface area contributed by atoms with E-state index in [9.17, 15) is 4.79 Å². The van der Waals surface area contributed by atoms with Crippen molar-refractivity contribution in [3.05, 3.63) is 11.1 Å². The Labute approximate surface area is 155 Å². The molecule has 9 atom stereocenters. The predicted molar refractivity (Wildman–Crippen MR) is 99.4 cm³/mol. The van der Waals surface area contributed by atoms with Crippen molar-refractivity contribution in [2.45, 2.75) is 57.4 Å². The standard InChI is InChI=1S/C22H29N3O/c1-23-22(26)25-21-15-9-5-11-3-7-13(17(11)15)19(21)18-12-6-2-10-4-8-14(16(10)12)20(18)24-25/h10-17,21H,2-9H2,1H3,(H,23,26)/t10-,11+,12+,13+,14-,15-,16+,17-,21-/m0/s1. The van der Waals surface area contributed by atoms with Crippen molar-refractivity contribution < 1.29 is 4.79 Å². The molecule has 6 saturated carbocycles. The fourth-order valence-corrected chi connectivity index (χ4v) is 9.18. The van der Waals surface area contributed by atoms with Gasteiger partial charge in [-0.2, -0.15) is 5.10 Å². The summed E-state index contributed by atoms with van der Waals surface area (Å²) in [6.07, 6.45) is 11.1.